The third-order valence-electron chi connectivity index (χ3n) is 4.68. The summed E-state index contributed by atoms with van der Waals surface area (Å²) in [5.74, 6) is 1.56. The van der Waals surface area contributed by atoms with Crippen LogP contribution in [0, 0.1) is 0 Å². The SMILES string of the molecule is OCC1(NCc2cc(-c3ccccc3)on2)CCOc2ccccc21. The quantitative estimate of drug-likeness (QED) is 0.749. The maximum atomic E-state index is 10.1. The fourth-order valence-electron chi connectivity index (χ4n) is 3.25. The minimum absolute atomic E-state index is 0.00321. The van der Waals surface area contributed by atoms with Gasteiger partial charge in [-0.1, -0.05) is 53.7 Å². The summed E-state index contributed by atoms with van der Waals surface area (Å²) >= 11 is 0. The summed E-state index contributed by atoms with van der Waals surface area (Å²) < 4.78 is 11.2. The Morgan fingerprint density at radius 1 is 1.08 bits per heavy atom. The van der Waals surface area contributed by atoms with Gasteiger partial charge in [-0.25, -0.2) is 0 Å². The molecule has 1 aliphatic rings. The molecule has 4 rings (SSSR count). The van der Waals surface area contributed by atoms with E-state index in [4.69, 9.17) is 9.26 Å². The van der Waals surface area contributed by atoms with E-state index in [1.54, 1.807) is 0 Å². The summed E-state index contributed by atoms with van der Waals surface area (Å²) in [6, 6.07) is 19.6. The number of aromatic nitrogens is 1. The highest BCUT2D eigenvalue weighted by atomic mass is 16.5. The largest absolute Gasteiger partial charge is 0.493 e. The first-order chi connectivity index (χ1) is 12.3. The molecule has 0 fully saturated rings. The van der Waals surface area contributed by atoms with Gasteiger partial charge in [-0.15, -0.1) is 0 Å². The molecule has 1 atom stereocenters. The smallest absolute Gasteiger partial charge is 0.167 e. The monoisotopic (exact) mass is 336 g/mol. The first kappa shape index (κ1) is 15.9. The zero-order chi connectivity index (χ0) is 17.1. The van der Waals surface area contributed by atoms with Crippen LogP contribution in [0.1, 0.15) is 17.7 Å². The number of rotatable bonds is 5. The lowest BCUT2D eigenvalue weighted by atomic mass is 9.85. The molecule has 0 saturated carbocycles. The lowest BCUT2D eigenvalue weighted by Crippen LogP contribution is -2.48. The lowest BCUT2D eigenvalue weighted by Gasteiger charge is -2.38. The molecule has 0 saturated heterocycles. The number of nitrogens with zero attached hydrogens (tertiary/aromatic N) is 1. The minimum Gasteiger partial charge on any atom is -0.493 e. The van der Waals surface area contributed by atoms with Gasteiger partial charge < -0.3 is 14.4 Å². The number of fused-ring (bicyclic) bond motifs is 1. The van der Waals surface area contributed by atoms with Gasteiger partial charge in [0.05, 0.1) is 24.4 Å². The number of hydrogen-bond donors (Lipinski definition) is 2. The predicted octanol–water partition coefficient (Wildman–Crippen LogP) is 3.10. The molecule has 0 spiro atoms. The van der Waals surface area contributed by atoms with Crippen molar-refractivity contribution in [3.63, 3.8) is 0 Å². The molecule has 2 aromatic carbocycles. The molecule has 1 aliphatic heterocycles. The highest BCUT2D eigenvalue weighted by Gasteiger charge is 2.36. The molecule has 1 aromatic heterocycles. The first-order valence-corrected chi connectivity index (χ1v) is 8.40. The van der Waals surface area contributed by atoms with E-state index >= 15 is 0 Å². The molecule has 25 heavy (non-hydrogen) atoms. The number of ether oxygens (including phenoxy) is 1. The van der Waals surface area contributed by atoms with Gasteiger partial charge in [0.2, 0.25) is 0 Å². The summed E-state index contributed by atoms with van der Waals surface area (Å²) in [6.45, 7) is 1.07. The molecule has 0 aliphatic carbocycles. The van der Waals surface area contributed by atoms with E-state index in [1.165, 1.54) is 0 Å². The summed E-state index contributed by atoms with van der Waals surface area (Å²) in [5.41, 5.74) is 2.25. The third kappa shape index (κ3) is 3.04. The number of hydrogen-bond acceptors (Lipinski definition) is 5. The second-order valence-electron chi connectivity index (χ2n) is 6.24. The van der Waals surface area contributed by atoms with Crippen LogP contribution in [0.3, 0.4) is 0 Å². The minimum atomic E-state index is -0.527. The topological polar surface area (TPSA) is 67.5 Å². The van der Waals surface area contributed by atoms with Crippen molar-refractivity contribution in [2.24, 2.45) is 0 Å². The average molecular weight is 336 g/mol. The fraction of sp³-hybridized carbons (Fsp3) is 0.250. The summed E-state index contributed by atoms with van der Waals surface area (Å²) in [5, 5.41) is 17.7. The van der Waals surface area contributed by atoms with Crippen LogP contribution in [0.2, 0.25) is 0 Å². The Bertz CT molecular complexity index is 847. The zero-order valence-electron chi connectivity index (χ0n) is 13.8. The maximum absolute atomic E-state index is 10.1. The number of nitrogens with one attached hydrogen (secondary N) is 1. The van der Waals surface area contributed by atoms with E-state index in [2.05, 4.69) is 10.5 Å². The summed E-state index contributed by atoms with van der Waals surface area (Å²) in [6.07, 6.45) is 0.698. The molecule has 0 bridgehead atoms. The number of aliphatic hydroxyl groups excluding tert-OH is 1. The molecule has 5 nitrogen and oxygen atoms in total. The third-order valence-corrected chi connectivity index (χ3v) is 4.68. The van der Waals surface area contributed by atoms with E-state index in [0.29, 0.717) is 19.6 Å². The molecule has 3 aromatic rings. The van der Waals surface area contributed by atoms with Crippen molar-refractivity contribution in [1.82, 2.24) is 10.5 Å². The van der Waals surface area contributed by atoms with Gasteiger partial charge in [-0.3, -0.25) is 5.32 Å². The van der Waals surface area contributed by atoms with Gasteiger partial charge >= 0.3 is 0 Å². The Labute approximate surface area is 146 Å². The predicted molar refractivity (Wildman–Crippen MR) is 94.1 cm³/mol. The zero-order valence-corrected chi connectivity index (χ0v) is 13.8. The normalized spacial score (nSPS) is 19.2. The van der Waals surface area contributed by atoms with Gasteiger partial charge in [0.15, 0.2) is 5.76 Å². The van der Waals surface area contributed by atoms with E-state index in [-0.39, 0.29) is 6.61 Å². The van der Waals surface area contributed by atoms with E-state index in [0.717, 1.165) is 28.3 Å². The van der Waals surface area contributed by atoms with Crippen molar-refractivity contribution in [1.29, 1.82) is 0 Å². The Balaban J connectivity index is 1.54. The molecular weight excluding hydrogens is 316 g/mol. The summed E-state index contributed by atoms with van der Waals surface area (Å²) in [4.78, 5) is 0. The van der Waals surface area contributed by atoms with E-state index in [1.807, 2.05) is 60.7 Å². The van der Waals surface area contributed by atoms with Crippen LogP contribution in [-0.2, 0) is 12.1 Å². The van der Waals surface area contributed by atoms with Crippen LogP contribution >= 0.6 is 0 Å². The average Bonchev–Trinajstić information content (AvgIpc) is 3.16. The molecule has 2 N–H and O–H groups in total. The van der Waals surface area contributed by atoms with E-state index < -0.39 is 5.54 Å². The standard InChI is InChI=1S/C20H20N2O3/c23-14-20(10-11-24-18-9-5-4-8-17(18)20)21-13-16-12-19(25-22-16)15-6-2-1-3-7-15/h1-9,12,21,23H,10-11,13-14H2. The van der Waals surface area contributed by atoms with Crippen LogP contribution in [0.4, 0.5) is 0 Å². The lowest BCUT2D eigenvalue weighted by molar-refractivity contribution is 0.105. The second kappa shape index (κ2) is 6.70. The van der Waals surface area contributed by atoms with Gasteiger partial charge in [0, 0.05) is 30.2 Å². The highest BCUT2D eigenvalue weighted by molar-refractivity contribution is 5.56. The van der Waals surface area contributed by atoms with Crippen molar-refractivity contribution in [3.8, 4) is 17.1 Å². The Hall–Kier alpha value is -2.63. The number of benzene rings is 2. The molecular formula is C20H20N2O3. The summed E-state index contributed by atoms with van der Waals surface area (Å²) in [7, 11) is 0. The molecule has 1 unspecified atom stereocenters. The molecule has 2 heterocycles. The molecule has 5 heteroatoms. The van der Waals surface area contributed by atoms with Crippen molar-refractivity contribution in [3.05, 3.63) is 71.9 Å². The van der Waals surface area contributed by atoms with Crippen molar-refractivity contribution >= 4 is 0 Å². The Kier molecular flexibility index (Phi) is 4.26. The van der Waals surface area contributed by atoms with E-state index in [9.17, 15) is 5.11 Å². The van der Waals surface area contributed by atoms with Gasteiger partial charge in [-0.2, -0.15) is 0 Å². The maximum Gasteiger partial charge on any atom is 0.167 e. The number of para-hydroxylation sites is 1. The molecule has 128 valence electrons. The highest BCUT2D eigenvalue weighted by Crippen LogP contribution is 2.36. The number of aliphatic hydroxyl groups is 1. The fourth-order valence-corrected chi connectivity index (χ4v) is 3.25. The van der Waals surface area contributed by atoms with Gasteiger partial charge in [0.1, 0.15) is 5.75 Å². The van der Waals surface area contributed by atoms with Crippen molar-refractivity contribution < 1.29 is 14.4 Å². The first-order valence-electron chi connectivity index (χ1n) is 8.40. The molecule has 0 amide bonds. The van der Waals surface area contributed by atoms with Crippen LogP contribution in [0.5, 0.6) is 5.75 Å². The van der Waals surface area contributed by atoms with Gasteiger partial charge in [-0.05, 0) is 6.07 Å². The van der Waals surface area contributed by atoms with Crippen LogP contribution in [-0.4, -0.2) is 23.5 Å². The van der Waals surface area contributed by atoms with Crippen LogP contribution in [0.15, 0.2) is 65.2 Å². The van der Waals surface area contributed by atoms with Gasteiger partial charge in [0.25, 0.3) is 0 Å². The van der Waals surface area contributed by atoms with Crippen molar-refractivity contribution in [2.75, 3.05) is 13.2 Å². The Morgan fingerprint density at radius 2 is 1.88 bits per heavy atom. The second-order valence-corrected chi connectivity index (χ2v) is 6.24. The molecule has 0 radical (unpaired) electrons. The van der Waals surface area contributed by atoms with Crippen LogP contribution < -0.4 is 10.1 Å². The Morgan fingerprint density at radius 3 is 2.72 bits per heavy atom. The van der Waals surface area contributed by atoms with Crippen molar-refractivity contribution in [2.45, 2.75) is 18.5 Å². The van der Waals surface area contributed by atoms with Crippen LogP contribution in [0.25, 0.3) is 11.3 Å².